The van der Waals surface area contributed by atoms with Gasteiger partial charge in [0.25, 0.3) is 10.0 Å². The van der Waals surface area contributed by atoms with Crippen molar-refractivity contribution < 1.29 is 34.8 Å². The van der Waals surface area contributed by atoms with E-state index in [1.807, 2.05) is 5.43 Å². The first-order valence-electron chi connectivity index (χ1n) is 6.95. The van der Waals surface area contributed by atoms with Crippen LogP contribution in [0.25, 0.3) is 0 Å². The van der Waals surface area contributed by atoms with E-state index < -0.39 is 33.7 Å². The third kappa shape index (κ3) is 4.41. The van der Waals surface area contributed by atoms with Gasteiger partial charge in [-0.2, -0.15) is 26.3 Å². The molecule has 1 aromatic rings. The minimum atomic E-state index is -5.70. The first-order valence-corrected chi connectivity index (χ1v) is 8.39. The van der Waals surface area contributed by atoms with Gasteiger partial charge in [0.1, 0.15) is 5.82 Å². The van der Waals surface area contributed by atoms with Crippen molar-refractivity contribution >= 4 is 10.0 Å². The largest absolute Gasteiger partial charge is 0.420 e. The maximum Gasteiger partial charge on any atom is 0.420 e. The summed E-state index contributed by atoms with van der Waals surface area (Å²) in [4.78, 5) is -0.208. The van der Waals surface area contributed by atoms with Crippen molar-refractivity contribution in [3.8, 4) is 0 Å². The molecule has 0 aliphatic carbocycles. The predicted octanol–water partition coefficient (Wildman–Crippen LogP) is 3.06. The van der Waals surface area contributed by atoms with Crippen LogP contribution in [0, 0.1) is 6.92 Å². The highest BCUT2D eigenvalue weighted by Gasteiger charge is 2.68. The van der Waals surface area contributed by atoms with Crippen molar-refractivity contribution in [1.29, 1.82) is 0 Å². The standard InChI is InChI=1S/C14H17F6N3O2S/c1-9-5-7-11(8-6-9)26(24,25)23(4)22-10(2)21-12(3,13(15,16)17)14(18,19)20/h5-8,21-22H,2H2,1,3-4H3. The highest BCUT2D eigenvalue weighted by molar-refractivity contribution is 7.89. The molecule has 0 aliphatic heterocycles. The zero-order valence-electron chi connectivity index (χ0n) is 14.0. The molecule has 0 atom stereocenters. The molecule has 0 heterocycles. The summed E-state index contributed by atoms with van der Waals surface area (Å²) >= 11 is 0. The third-order valence-electron chi connectivity index (χ3n) is 3.51. The lowest BCUT2D eigenvalue weighted by Gasteiger charge is -2.36. The van der Waals surface area contributed by atoms with Crippen molar-refractivity contribution in [3.05, 3.63) is 42.2 Å². The number of nitrogens with zero attached hydrogens (tertiary/aromatic N) is 1. The molecular weight excluding hydrogens is 388 g/mol. The van der Waals surface area contributed by atoms with Gasteiger partial charge in [-0.1, -0.05) is 24.3 Å². The van der Waals surface area contributed by atoms with E-state index in [1.165, 1.54) is 29.6 Å². The quantitative estimate of drug-likeness (QED) is 0.564. The molecular formula is C14H17F6N3O2S. The van der Waals surface area contributed by atoms with E-state index in [2.05, 4.69) is 6.58 Å². The van der Waals surface area contributed by atoms with Crippen molar-refractivity contribution in [2.45, 2.75) is 36.6 Å². The lowest BCUT2D eigenvalue weighted by atomic mass is 10.0. The minimum absolute atomic E-state index is 0.117. The first-order chi connectivity index (χ1) is 11.5. The molecule has 2 N–H and O–H groups in total. The van der Waals surface area contributed by atoms with E-state index in [0.29, 0.717) is 4.41 Å². The Bertz CT molecular complexity index is 742. The summed E-state index contributed by atoms with van der Waals surface area (Å²) in [5.41, 5.74) is -1.69. The lowest BCUT2D eigenvalue weighted by Crippen LogP contribution is -2.65. The smallest absolute Gasteiger partial charge is 0.350 e. The number of rotatable bonds is 6. The van der Waals surface area contributed by atoms with Gasteiger partial charge in [-0.25, -0.2) is 8.42 Å². The monoisotopic (exact) mass is 405 g/mol. The summed E-state index contributed by atoms with van der Waals surface area (Å²) < 4.78 is 102. The number of aryl methyl sites for hydroxylation is 1. The van der Waals surface area contributed by atoms with Gasteiger partial charge < -0.3 is 5.32 Å². The van der Waals surface area contributed by atoms with Crippen LogP contribution in [-0.2, 0) is 10.0 Å². The Hall–Kier alpha value is -1.95. The molecule has 1 aromatic carbocycles. The third-order valence-corrected chi connectivity index (χ3v) is 5.19. The molecule has 5 nitrogen and oxygen atoms in total. The maximum absolute atomic E-state index is 12.9. The Morgan fingerprint density at radius 2 is 1.46 bits per heavy atom. The van der Waals surface area contributed by atoms with Crippen molar-refractivity contribution in [1.82, 2.24) is 15.2 Å². The van der Waals surface area contributed by atoms with Crippen LogP contribution in [0.4, 0.5) is 26.3 Å². The Morgan fingerprint density at radius 1 is 1.04 bits per heavy atom. The summed E-state index contributed by atoms with van der Waals surface area (Å²) in [7, 11) is -3.30. The normalized spacial score (nSPS) is 13.6. The average molecular weight is 405 g/mol. The van der Waals surface area contributed by atoms with Gasteiger partial charge >= 0.3 is 12.4 Å². The molecule has 0 unspecified atom stereocenters. The fraction of sp³-hybridized carbons (Fsp3) is 0.429. The van der Waals surface area contributed by atoms with E-state index >= 15 is 0 Å². The molecule has 0 bridgehead atoms. The summed E-state index contributed by atoms with van der Waals surface area (Å²) in [5, 5.41) is 1.18. The van der Waals surface area contributed by atoms with Crippen LogP contribution in [0.1, 0.15) is 12.5 Å². The zero-order valence-corrected chi connectivity index (χ0v) is 14.8. The Kier molecular flexibility index (Phi) is 5.94. The lowest BCUT2D eigenvalue weighted by molar-refractivity contribution is -0.299. The van der Waals surface area contributed by atoms with Crippen LogP contribution in [0.3, 0.4) is 0 Å². The van der Waals surface area contributed by atoms with Crippen LogP contribution in [0.15, 0.2) is 41.6 Å². The number of halogens is 6. The van der Waals surface area contributed by atoms with E-state index in [0.717, 1.165) is 12.6 Å². The molecule has 0 amide bonds. The molecule has 0 radical (unpaired) electrons. The number of hydrogen-bond donors (Lipinski definition) is 2. The molecule has 0 saturated heterocycles. The zero-order chi connectivity index (χ0) is 20.6. The molecule has 12 heteroatoms. The SMILES string of the molecule is C=C(NN(C)S(=O)(=O)c1ccc(C)cc1)NC(C)(C(F)(F)F)C(F)(F)F. The van der Waals surface area contributed by atoms with Gasteiger partial charge in [-0.15, -0.1) is 4.41 Å². The predicted molar refractivity (Wildman–Crippen MR) is 82.1 cm³/mol. The van der Waals surface area contributed by atoms with Gasteiger partial charge in [0.15, 0.2) is 0 Å². The summed E-state index contributed by atoms with van der Waals surface area (Å²) in [6, 6.07) is 5.46. The Labute approximate surface area is 146 Å². The highest BCUT2D eigenvalue weighted by atomic mass is 32.2. The average Bonchev–Trinajstić information content (AvgIpc) is 2.44. The van der Waals surface area contributed by atoms with Crippen molar-refractivity contribution in [2.24, 2.45) is 0 Å². The second kappa shape index (κ2) is 6.99. The van der Waals surface area contributed by atoms with Crippen LogP contribution in [0.5, 0.6) is 0 Å². The van der Waals surface area contributed by atoms with E-state index in [4.69, 9.17) is 0 Å². The van der Waals surface area contributed by atoms with Crippen molar-refractivity contribution in [2.75, 3.05) is 7.05 Å². The molecule has 0 spiro atoms. The van der Waals surface area contributed by atoms with Crippen molar-refractivity contribution in [3.63, 3.8) is 0 Å². The molecule has 0 aromatic heterocycles. The summed E-state index contributed by atoms with van der Waals surface area (Å²) in [5.74, 6) is -1.000. The van der Waals surface area contributed by atoms with Crippen LogP contribution in [-0.4, -0.2) is 37.8 Å². The summed E-state index contributed by atoms with van der Waals surface area (Å²) in [6.45, 7) is 4.59. The second-order valence-electron chi connectivity index (χ2n) is 5.62. The molecule has 148 valence electrons. The van der Waals surface area contributed by atoms with Crippen LogP contribution < -0.4 is 10.7 Å². The molecule has 0 fully saturated rings. The number of alkyl halides is 6. The van der Waals surface area contributed by atoms with Gasteiger partial charge in [-0.05, 0) is 26.0 Å². The molecule has 26 heavy (non-hydrogen) atoms. The fourth-order valence-corrected chi connectivity index (χ4v) is 2.78. The maximum atomic E-state index is 12.9. The Balaban J connectivity index is 3.01. The molecule has 0 aliphatic rings. The van der Waals surface area contributed by atoms with Gasteiger partial charge in [0.05, 0.1) is 4.90 Å². The van der Waals surface area contributed by atoms with Gasteiger partial charge in [0.2, 0.25) is 5.54 Å². The molecule has 1 rings (SSSR count). The summed E-state index contributed by atoms with van der Waals surface area (Å²) in [6.07, 6.45) is -11.4. The van der Waals surface area contributed by atoms with Crippen LogP contribution >= 0.6 is 0 Å². The number of hydrogen-bond acceptors (Lipinski definition) is 4. The van der Waals surface area contributed by atoms with Crippen LogP contribution in [0.2, 0.25) is 0 Å². The first kappa shape index (κ1) is 22.1. The van der Waals surface area contributed by atoms with E-state index in [1.54, 1.807) is 6.92 Å². The van der Waals surface area contributed by atoms with E-state index in [9.17, 15) is 34.8 Å². The Morgan fingerprint density at radius 3 is 1.85 bits per heavy atom. The topological polar surface area (TPSA) is 61.4 Å². The second-order valence-corrected chi connectivity index (χ2v) is 7.59. The van der Waals surface area contributed by atoms with E-state index in [-0.39, 0.29) is 11.8 Å². The highest BCUT2D eigenvalue weighted by Crippen LogP contribution is 2.43. The van der Waals surface area contributed by atoms with Gasteiger partial charge in [-0.3, -0.25) is 5.43 Å². The fourth-order valence-electron chi connectivity index (χ4n) is 1.75. The number of nitrogens with one attached hydrogen (secondary N) is 2. The van der Waals surface area contributed by atoms with Gasteiger partial charge in [0, 0.05) is 7.05 Å². The number of sulfonamides is 1. The number of hydrazine groups is 1. The number of benzene rings is 1. The minimum Gasteiger partial charge on any atom is -0.350 e. The molecule has 0 saturated carbocycles.